The molecule has 0 aliphatic carbocycles. The number of aryl methyl sites for hydroxylation is 1. The van der Waals surface area contributed by atoms with Gasteiger partial charge in [0.25, 0.3) is 0 Å². The third-order valence-electron chi connectivity index (χ3n) is 3.08. The summed E-state index contributed by atoms with van der Waals surface area (Å²) in [5.41, 5.74) is 8.64. The number of nitrogens with zero attached hydrogens (tertiary/aromatic N) is 1. The van der Waals surface area contributed by atoms with Crippen LogP contribution in [0, 0.1) is 6.92 Å². The lowest BCUT2D eigenvalue weighted by Crippen LogP contribution is -2.31. The summed E-state index contributed by atoms with van der Waals surface area (Å²) in [4.78, 5) is 2.23. The first-order chi connectivity index (χ1) is 9.60. The second-order valence-electron chi connectivity index (χ2n) is 4.54. The molecular weight excluding hydrogens is 276 g/mol. The van der Waals surface area contributed by atoms with E-state index < -0.39 is 0 Å². The maximum absolute atomic E-state index is 6.14. The van der Waals surface area contributed by atoms with E-state index in [-0.39, 0.29) is 0 Å². The van der Waals surface area contributed by atoms with Gasteiger partial charge >= 0.3 is 0 Å². The number of anilines is 2. The minimum absolute atomic E-state index is 0.586. The Morgan fingerprint density at radius 2 is 1.65 bits per heavy atom. The van der Waals surface area contributed by atoms with Crippen LogP contribution in [0.1, 0.15) is 19.4 Å². The minimum atomic E-state index is 0.586. The van der Waals surface area contributed by atoms with Crippen LogP contribution < -0.4 is 10.6 Å². The largest absolute Gasteiger partial charge is 0.398 e. The molecule has 1 aromatic carbocycles. The first-order valence-corrected chi connectivity index (χ1v) is 7.44. The number of nitrogen functional groups attached to an aromatic ring is 1. The number of ether oxygens (including phenoxy) is 2. The molecule has 0 radical (unpaired) electrons. The standard InChI is InChI=1S/C15H25ClN2O2/c1-4-19-8-6-18(7-9-20-5-2)15-11-13(16)14(17)10-12(15)3/h10-11H,4-9,17H2,1-3H3. The topological polar surface area (TPSA) is 47.7 Å². The lowest BCUT2D eigenvalue weighted by Gasteiger charge is -2.27. The molecule has 0 saturated carbocycles. The van der Waals surface area contributed by atoms with Gasteiger partial charge in [0.2, 0.25) is 0 Å². The molecule has 0 heterocycles. The lowest BCUT2D eigenvalue weighted by molar-refractivity contribution is 0.141. The van der Waals surface area contributed by atoms with Crippen LogP contribution in [0.3, 0.4) is 0 Å². The molecule has 0 aliphatic rings. The Hall–Kier alpha value is -0.970. The van der Waals surface area contributed by atoms with Gasteiger partial charge in [0.1, 0.15) is 0 Å². The van der Waals surface area contributed by atoms with Crippen LogP contribution in [0.2, 0.25) is 5.02 Å². The van der Waals surface area contributed by atoms with Crippen molar-refractivity contribution in [3.8, 4) is 0 Å². The molecule has 0 fully saturated rings. The Morgan fingerprint density at radius 1 is 1.10 bits per heavy atom. The summed E-state index contributed by atoms with van der Waals surface area (Å²) in [7, 11) is 0. The highest BCUT2D eigenvalue weighted by molar-refractivity contribution is 6.33. The number of hydrogen-bond acceptors (Lipinski definition) is 4. The number of benzene rings is 1. The van der Waals surface area contributed by atoms with E-state index in [1.54, 1.807) is 0 Å². The summed E-state index contributed by atoms with van der Waals surface area (Å²) >= 11 is 6.14. The summed E-state index contributed by atoms with van der Waals surface area (Å²) in [6, 6.07) is 3.83. The van der Waals surface area contributed by atoms with E-state index in [1.165, 1.54) is 0 Å². The van der Waals surface area contributed by atoms with E-state index in [0.717, 1.165) is 37.6 Å². The van der Waals surface area contributed by atoms with Crippen molar-refractivity contribution >= 4 is 23.0 Å². The Balaban J connectivity index is 2.81. The van der Waals surface area contributed by atoms with E-state index in [1.807, 2.05) is 32.9 Å². The second kappa shape index (κ2) is 9.06. The number of halogens is 1. The summed E-state index contributed by atoms with van der Waals surface area (Å²) in [6.45, 7) is 10.5. The quantitative estimate of drug-likeness (QED) is 0.562. The Bertz CT molecular complexity index is 403. The van der Waals surface area contributed by atoms with Crippen molar-refractivity contribution in [3.63, 3.8) is 0 Å². The van der Waals surface area contributed by atoms with Crippen LogP contribution in [0.15, 0.2) is 12.1 Å². The molecule has 4 nitrogen and oxygen atoms in total. The molecular formula is C15H25ClN2O2. The molecule has 20 heavy (non-hydrogen) atoms. The van der Waals surface area contributed by atoms with Crippen molar-refractivity contribution in [1.29, 1.82) is 0 Å². The molecule has 114 valence electrons. The van der Waals surface area contributed by atoms with Crippen LogP contribution >= 0.6 is 11.6 Å². The van der Waals surface area contributed by atoms with E-state index in [2.05, 4.69) is 4.90 Å². The fourth-order valence-electron chi connectivity index (χ4n) is 2.02. The first kappa shape index (κ1) is 17.1. The summed E-state index contributed by atoms with van der Waals surface area (Å²) in [5, 5.41) is 0.586. The smallest absolute Gasteiger partial charge is 0.0656 e. The van der Waals surface area contributed by atoms with Crippen LogP contribution in [-0.4, -0.2) is 39.5 Å². The van der Waals surface area contributed by atoms with Crippen molar-refractivity contribution in [2.45, 2.75) is 20.8 Å². The molecule has 0 amide bonds. The molecule has 2 N–H and O–H groups in total. The zero-order valence-electron chi connectivity index (χ0n) is 12.6. The Labute approximate surface area is 126 Å². The van der Waals surface area contributed by atoms with Gasteiger partial charge in [0.05, 0.1) is 23.9 Å². The maximum atomic E-state index is 6.14. The van der Waals surface area contributed by atoms with E-state index in [0.29, 0.717) is 23.9 Å². The predicted molar refractivity (Wildman–Crippen MR) is 85.8 cm³/mol. The van der Waals surface area contributed by atoms with Crippen LogP contribution in [-0.2, 0) is 9.47 Å². The number of hydrogen-bond donors (Lipinski definition) is 1. The highest BCUT2D eigenvalue weighted by Gasteiger charge is 2.11. The van der Waals surface area contributed by atoms with Gasteiger partial charge in [-0.2, -0.15) is 0 Å². The van der Waals surface area contributed by atoms with Gasteiger partial charge in [-0.25, -0.2) is 0 Å². The number of rotatable bonds is 9. The fourth-order valence-corrected chi connectivity index (χ4v) is 2.18. The second-order valence-corrected chi connectivity index (χ2v) is 4.95. The SMILES string of the molecule is CCOCCN(CCOCC)c1cc(Cl)c(N)cc1C. The average molecular weight is 301 g/mol. The Morgan fingerprint density at radius 3 is 2.15 bits per heavy atom. The molecule has 1 rings (SSSR count). The summed E-state index contributed by atoms with van der Waals surface area (Å²) < 4.78 is 10.9. The third-order valence-corrected chi connectivity index (χ3v) is 3.40. The van der Waals surface area contributed by atoms with E-state index >= 15 is 0 Å². The molecule has 0 unspecified atom stereocenters. The van der Waals surface area contributed by atoms with Crippen LogP contribution in [0.4, 0.5) is 11.4 Å². The first-order valence-electron chi connectivity index (χ1n) is 7.06. The van der Waals surface area contributed by atoms with Crippen molar-refractivity contribution in [2.24, 2.45) is 0 Å². The zero-order valence-corrected chi connectivity index (χ0v) is 13.4. The lowest BCUT2D eigenvalue weighted by atomic mass is 10.1. The highest BCUT2D eigenvalue weighted by atomic mass is 35.5. The maximum Gasteiger partial charge on any atom is 0.0656 e. The van der Waals surface area contributed by atoms with Crippen molar-refractivity contribution in [3.05, 3.63) is 22.7 Å². The minimum Gasteiger partial charge on any atom is -0.398 e. The normalized spacial score (nSPS) is 10.8. The van der Waals surface area contributed by atoms with Crippen molar-refractivity contribution in [1.82, 2.24) is 0 Å². The zero-order chi connectivity index (χ0) is 15.0. The van der Waals surface area contributed by atoms with Gasteiger partial charge < -0.3 is 20.1 Å². The highest BCUT2D eigenvalue weighted by Crippen LogP contribution is 2.29. The molecule has 0 aliphatic heterocycles. The van der Waals surface area contributed by atoms with Gasteiger partial charge in [0, 0.05) is 32.0 Å². The van der Waals surface area contributed by atoms with E-state index in [4.69, 9.17) is 26.8 Å². The Kier molecular flexibility index (Phi) is 7.73. The van der Waals surface area contributed by atoms with Crippen LogP contribution in [0.5, 0.6) is 0 Å². The third kappa shape index (κ3) is 5.19. The molecule has 0 spiro atoms. The molecule has 0 saturated heterocycles. The van der Waals surface area contributed by atoms with E-state index in [9.17, 15) is 0 Å². The molecule has 1 aromatic rings. The van der Waals surface area contributed by atoms with Gasteiger partial charge in [-0.3, -0.25) is 0 Å². The fraction of sp³-hybridized carbons (Fsp3) is 0.600. The van der Waals surface area contributed by atoms with Gasteiger partial charge in [-0.15, -0.1) is 0 Å². The summed E-state index contributed by atoms with van der Waals surface area (Å²) in [6.07, 6.45) is 0. The van der Waals surface area contributed by atoms with Crippen LogP contribution in [0.25, 0.3) is 0 Å². The molecule has 0 aromatic heterocycles. The van der Waals surface area contributed by atoms with Crippen molar-refractivity contribution in [2.75, 3.05) is 50.2 Å². The van der Waals surface area contributed by atoms with Gasteiger partial charge in [0.15, 0.2) is 0 Å². The predicted octanol–water partition coefficient (Wildman–Crippen LogP) is 3.11. The van der Waals surface area contributed by atoms with Crippen molar-refractivity contribution < 1.29 is 9.47 Å². The monoisotopic (exact) mass is 300 g/mol. The molecule has 0 bridgehead atoms. The summed E-state index contributed by atoms with van der Waals surface area (Å²) in [5.74, 6) is 0. The number of nitrogens with two attached hydrogens (primary N) is 1. The van der Waals surface area contributed by atoms with Gasteiger partial charge in [-0.1, -0.05) is 11.6 Å². The molecule has 5 heteroatoms. The van der Waals surface area contributed by atoms with Gasteiger partial charge in [-0.05, 0) is 38.5 Å². The molecule has 0 atom stereocenters. The average Bonchev–Trinajstić information content (AvgIpc) is 2.42.